The maximum absolute atomic E-state index is 10.0. The number of hydrogen-bond acceptors (Lipinski definition) is 4. The molecule has 0 unspecified atom stereocenters. The Bertz CT molecular complexity index is 2390. The molecule has 0 aliphatic heterocycles. The van der Waals surface area contributed by atoms with Gasteiger partial charge in [0, 0.05) is 27.6 Å². The molecule has 5 heteroatoms. The molecule has 0 spiro atoms. The molecule has 0 N–H and O–H groups in total. The van der Waals surface area contributed by atoms with E-state index in [4.69, 9.17) is 0 Å². The van der Waals surface area contributed by atoms with E-state index in [0.717, 1.165) is 49.7 Å². The van der Waals surface area contributed by atoms with E-state index in [0.29, 0.717) is 33.4 Å². The van der Waals surface area contributed by atoms with Crippen molar-refractivity contribution in [1.29, 1.82) is 21.0 Å². The highest BCUT2D eigenvalue weighted by molar-refractivity contribution is 6.17. The zero-order chi connectivity index (χ0) is 30.9. The molecule has 0 aliphatic carbocycles. The molecule has 0 fully saturated rings. The number of fused-ring (bicyclic) bond motifs is 3. The quantitative estimate of drug-likeness (QED) is 0.210. The van der Waals surface area contributed by atoms with Gasteiger partial charge >= 0.3 is 0 Å². The summed E-state index contributed by atoms with van der Waals surface area (Å²) >= 11 is 0. The predicted molar refractivity (Wildman–Crippen MR) is 176 cm³/mol. The predicted octanol–water partition coefficient (Wildman–Crippen LogP) is 9.27. The lowest BCUT2D eigenvalue weighted by atomic mass is 9.91. The van der Waals surface area contributed by atoms with E-state index in [-0.39, 0.29) is 0 Å². The molecule has 206 valence electrons. The van der Waals surface area contributed by atoms with Gasteiger partial charge in [-0.1, -0.05) is 78.9 Å². The average Bonchev–Trinajstić information content (AvgIpc) is 3.45. The van der Waals surface area contributed by atoms with Crippen LogP contribution in [0.4, 0.5) is 0 Å². The van der Waals surface area contributed by atoms with Crippen LogP contribution in [-0.4, -0.2) is 4.57 Å². The molecule has 6 aromatic carbocycles. The highest BCUT2D eigenvalue weighted by Gasteiger charge is 2.21. The molecule has 0 amide bonds. The van der Waals surface area contributed by atoms with Crippen LogP contribution in [0.5, 0.6) is 0 Å². The maximum Gasteiger partial charge on any atom is 0.0998 e. The number of aromatic nitrogens is 1. The van der Waals surface area contributed by atoms with Gasteiger partial charge in [-0.25, -0.2) is 0 Å². The normalized spacial score (nSPS) is 10.6. The molecule has 45 heavy (non-hydrogen) atoms. The lowest BCUT2D eigenvalue weighted by Gasteiger charge is -2.12. The molecule has 0 atom stereocenters. The van der Waals surface area contributed by atoms with Gasteiger partial charge in [0.2, 0.25) is 0 Å². The third kappa shape index (κ3) is 4.38. The number of rotatable bonds is 4. The maximum atomic E-state index is 10.0. The SMILES string of the molecule is N#Cc1cccc(C#N)c1-c1ccc2c3c(-c4c(C#N)cccc4C#N)cccc3n(-c3ccc(-c4ccccc4)cc3)c2c1. The van der Waals surface area contributed by atoms with E-state index < -0.39 is 0 Å². The van der Waals surface area contributed by atoms with Crippen LogP contribution in [0.25, 0.3) is 60.9 Å². The van der Waals surface area contributed by atoms with Crippen LogP contribution < -0.4 is 0 Å². The van der Waals surface area contributed by atoms with Gasteiger partial charge in [0.25, 0.3) is 0 Å². The molecule has 1 aromatic heterocycles. The van der Waals surface area contributed by atoms with Crippen LogP contribution in [0, 0.1) is 45.3 Å². The number of hydrogen-bond donors (Lipinski definition) is 0. The highest BCUT2D eigenvalue weighted by Crippen LogP contribution is 2.42. The van der Waals surface area contributed by atoms with Crippen LogP contribution in [-0.2, 0) is 0 Å². The van der Waals surface area contributed by atoms with Crippen molar-refractivity contribution < 1.29 is 0 Å². The van der Waals surface area contributed by atoms with Gasteiger partial charge in [0.1, 0.15) is 0 Å². The Morgan fingerprint density at radius 3 is 1.56 bits per heavy atom. The van der Waals surface area contributed by atoms with Crippen LogP contribution >= 0.6 is 0 Å². The van der Waals surface area contributed by atoms with Crippen LogP contribution in [0.15, 0.2) is 127 Å². The number of nitriles is 4. The summed E-state index contributed by atoms with van der Waals surface area (Å²) in [6.45, 7) is 0. The summed E-state index contributed by atoms with van der Waals surface area (Å²) in [5.74, 6) is 0. The minimum Gasteiger partial charge on any atom is -0.309 e. The second kappa shape index (κ2) is 11.1. The molecule has 1 heterocycles. The highest BCUT2D eigenvalue weighted by atomic mass is 15.0. The summed E-state index contributed by atoms with van der Waals surface area (Å²) in [4.78, 5) is 0. The first-order chi connectivity index (χ1) is 22.2. The Balaban J connectivity index is 1.58. The standard InChI is InChI=1S/C40H21N5/c41-22-29-9-4-10-30(23-42)38(29)28-17-20-34-37(21-28)45(33-18-15-27(16-19-33)26-7-2-1-3-8-26)36-14-6-13-35(40(34)36)39-31(24-43)11-5-12-32(39)25-44/h1-21H. The van der Waals surface area contributed by atoms with Gasteiger partial charge in [-0.05, 0) is 70.8 Å². The van der Waals surface area contributed by atoms with Gasteiger partial charge in [-0.2, -0.15) is 21.0 Å². The van der Waals surface area contributed by atoms with Crippen LogP contribution in [0.2, 0.25) is 0 Å². The van der Waals surface area contributed by atoms with Gasteiger partial charge in [0.15, 0.2) is 0 Å². The van der Waals surface area contributed by atoms with Gasteiger partial charge in [-0.15, -0.1) is 0 Å². The fourth-order valence-corrected chi connectivity index (χ4v) is 6.22. The first-order valence-electron chi connectivity index (χ1n) is 14.3. The first kappa shape index (κ1) is 26.9. The van der Waals surface area contributed by atoms with Crippen molar-refractivity contribution in [1.82, 2.24) is 4.57 Å². The largest absolute Gasteiger partial charge is 0.309 e. The first-order valence-corrected chi connectivity index (χ1v) is 14.3. The lowest BCUT2D eigenvalue weighted by molar-refractivity contribution is 1.18. The second-order valence-electron chi connectivity index (χ2n) is 10.6. The molecule has 7 rings (SSSR count). The molecule has 0 radical (unpaired) electrons. The van der Waals surface area contributed by atoms with E-state index in [1.807, 2.05) is 54.6 Å². The summed E-state index contributed by atoms with van der Waals surface area (Å²) in [6.07, 6.45) is 0. The van der Waals surface area contributed by atoms with Gasteiger partial charge < -0.3 is 4.57 Å². The third-order valence-electron chi connectivity index (χ3n) is 8.19. The van der Waals surface area contributed by atoms with Crippen molar-refractivity contribution >= 4 is 21.8 Å². The van der Waals surface area contributed by atoms with Crippen molar-refractivity contribution in [3.05, 3.63) is 150 Å². The van der Waals surface area contributed by atoms with E-state index in [1.165, 1.54) is 0 Å². The smallest absolute Gasteiger partial charge is 0.0998 e. The Morgan fingerprint density at radius 1 is 0.422 bits per heavy atom. The van der Waals surface area contributed by atoms with Crippen LogP contribution in [0.3, 0.4) is 0 Å². The van der Waals surface area contributed by atoms with Crippen molar-refractivity contribution in [2.24, 2.45) is 0 Å². The second-order valence-corrected chi connectivity index (χ2v) is 10.6. The summed E-state index contributed by atoms with van der Waals surface area (Å²) in [6, 6.07) is 49.8. The van der Waals surface area contributed by atoms with Gasteiger partial charge in [-0.3, -0.25) is 0 Å². The summed E-state index contributed by atoms with van der Waals surface area (Å²) in [5.41, 5.74) is 9.30. The van der Waals surface area contributed by atoms with E-state index in [2.05, 4.69) is 65.2 Å². The Morgan fingerprint density at radius 2 is 0.956 bits per heavy atom. The summed E-state index contributed by atoms with van der Waals surface area (Å²) in [5, 5.41) is 41.7. The molecule has 5 nitrogen and oxygen atoms in total. The zero-order valence-corrected chi connectivity index (χ0v) is 23.9. The third-order valence-corrected chi connectivity index (χ3v) is 8.19. The Labute approximate surface area is 259 Å². The monoisotopic (exact) mass is 571 g/mol. The number of benzene rings is 6. The minimum atomic E-state index is 0.422. The molecule has 0 bridgehead atoms. The minimum absolute atomic E-state index is 0.422. The van der Waals surface area contributed by atoms with E-state index in [1.54, 1.807) is 36.4 Å². The van der Waals surface area contributed by atoms with Crippen molar-refractivity contribution in [3.63, 3.8) is 0 Å². The van der Waals surface area contributed by atoms with Crippen molar-refractivity contribution in [3.8, 4) is 63.3 Å². The number of nitrogens with zero attached hydrogens (tertiary/aromatic N) is 5. The van der Waals surface area contributed by atoms with Gasteiger partial charge in [0.05, 0.1) is 57.6 Å². The summed E-state index contributed by atoms with van der Waals surface area (Å²) < 4.78 is 2.16. The molecular formula is C40H21N5. The fourth-order valence-electron chi connectivity index (χ4n) is 6.22. The lowest BCUT2D eigenvalue weighted by Crippen LogP contribution is -1.95. The van der Waals surface area contributed by atoms with E-state index >= 15 is 0 Å². The average molecular weight is 572 g/mol. The van der Waals surface area contributed by atoms with E-state index in [9.17, 15) is 21.0 Å². The molecule has 0 saturated heterocycles. The van der Waals surface area contributed by atoms with Crippen LogP contribution in [0.1, 0.15) is 22.3 Å². The Kier molecular flexibility index (Phi) is 6.62. The Hall–Kier alpha value is -6.92. The van der Waals surface area contributed by atoms with Crippen molar-refractivity contribution in [2.45, 2.75) is 0 Å². The topological polar surface area (TPSA) is 100 Å². The molecule has 7 aromatic rings. The zero-order valence-electron chi connectivity index (χ0n) is 23.9. The fraction of sp³-hybridized carbons (Fsp3) is 0. The molecular weight excluding hydrogens is 550 g/mol. The van der Waals surface area contributed by atoms with Crippen molar-refractivity contribution in [2.75, 3.05) is 0 Å². The molecule has 0 saturated carbocycles. The summed E-state index contributed by atoms with van der Waals surface area (Å²) in [7, 11) is 0. The molecule has 0 aliphatic rings.